The molecule has 0 unspecified atom stereocenters. The molecule has 0 aliphatic carbocycles. The molecule has 0 spiro atoms. The lowest BCUT2D eigenvalue weighted by atomic mass is 10.2. The highest BCUT2D eigenvalue weighted by atomic mass is 79.9. The highest BCUT2D eigenvalue weighted by Crippen LogP contribution is 2.31. The van der Waals surface area contributed by atoms with Gasteiger partial charge in [-0.25, -0.2) is 4.98 Å². The number of aryl methyl sites for hydroxylation is 1. The third-order valence-electron chi connectivity index (χ3n) is 4.63. The molecule has 0 aliphatic heterocycles. The van der Waals surface area contributed by atoms with Crippen LogP contribution in [0.15, 0.2) is 50.8 Å². The van der Waals surface area contributed by atoms with Crippen molar-refractivity contribution in [2.24, 2.45) is 5.10 Å². The van der Waals surface area contributed by atoms with E-state index in [0.29, 0.717) is 34.6 Å². The molecule has 1 atom stereocenters. The molecule has 0 N–H and O–H groups in total. The SMILES string of the molecule is CCc1nc2ccc(Br)cc2c(=O)n1N=Cc1cccc(OC)c1O[C@H](C)CC. The summed E-state index contributed by atoms with van der Waals surface area (Å²) < 4.78 is 13.7. The van der Waals surface area contributed by atoms with Crippen LogP contribution in [-0.2, 0) is 6.42 Å². The van der Waals surface area contributed by atoms with Crippen LogP contribution in [0.25, 0.3) is 10.9 Å². The Morgan fingerprint density at radius 3 is 2.76 bits per heavy atom. The predicted octanol–water partition coefficient (Wildman–Crippen LogP) is 4.79. The second kappa shape index (κ2) is 9.22. The first-order valence-electron chi connectivity index (χ1n) is 9.57. The summed E-state index contributed by atoms with van der Waals surface area (Å²) in [5.41, 5.74) is 1.17. The molecular formula is C22H24BrN3O3. The maximum absolute atomic E-state index is 13.0. The molecular weight excluding hydrogens is 434 g/mol. The van der Waals surface area contributed by atoms with Gasteiger partial charge in [-0.3, -0.25) is 4.79 Å². The van der Waals surface area contributed by atoms with Crippen molar-refractivity contribution in [2.45, 2.75) is 39.7 Å². The standard InChI is InChI=1S/C22H24BrN3O3/c1-5-14(3)29-21-15(8-7-9-19(21)28-4)13-24-26-20(6-2)25-18-11-10-16(23)12-17(18)22(26)27/h7-14H,5-6H2,1-4H3/t14-/m1/s1. The fourth-order valence-corrected chi connectivity index (χ4v) is 3.23. The normalized spacial score (nSPS) is 12.4. The zero-order valence-electron chi connectivity index (χ0n) is 17.0. The van der Waals surface area contributed by atoms with Crippen molar-refractivity contribution in [1.82, 2.24) is 9.66 Å². The number of methoxy groups -OCH3 is 1. The van der Waals surface area contributed by atoms with E-state index in [0.717, 1.165) is 16.5 Å². The van der Waals surface area contributed by atoms with Crippen molar-refractivity contribution in [3.05, 3.63) is 62.6 Å². The molecule has 0 aliphatic rings. The molecule has 7 heteroatoms. The summed E-state index contributed by atoms with van der Waals surface area (Å²) in [7, 11) is 1.60. The van der Waals surface area contributed by atoms with Crippen LogP contribution in [-0.4, -0.2) is 29.1 Å². The number of rotatable bonds is 7. The summed E-state index contributed by atoms with van der Waals surface area (Å²) in [6.07, 6.45) is 3.07. The maximum Gasteiger partial charge on any atom is 0.282 e. The number of benzene rings is 2. The minimum absolute atomic E-state index is 0.0204. The van der Waals surface area contributed by atoms with E-state index >= 15 is 0 Å². The fourth-order valence-electron chi connectivity index (χ4n) is 2.87. The zero-order valence-corrected chi connectivity index (χ0v) is 18.6. The van der Waals surface area contributed by atoms with Crippen LogP contribution in [0.1, 0.15) is 38.6 Å². The minimum atomic E-state index is -0.211. The van der Waals surface area contributed by atoms with E-state index in [9.17, 15) is 4.79 Å². The van der Waals surface area contributed by atoms with Crippen molar-refractivity contribution in [1.29, 1.82) is 0 Å². The summed E-state index contributed by atoms with van der Waals surface area (Å²) in [6.45, 7) is 6.00. The van der Waals surface area contributed by atoms with Gasteiger partial charge in [0.05, 0.1) is 30.3 Å². The van der Waals surface area contributed by atoms with Crippen LogP contribution >= 0.6 is 15.9 Å². The molecule has 29 heavy (non-hydrogen) atoms. The molecule has 0 fully saturated rings. The van der Waals surface area contributed by atoms with E-state index in [2.05, 4.69) is 32.9 Å². The number of para-hydroxylation sites is 1. The van der Waals surface area contributed by atoms with Crippen LogP contribution in [0.4, 0.5) is 0 Å². The van der Waals surface area contributed by atoms with Crippen LogP contribution in [0.2, 0.25) is 0 Å². The lowest BCUT2D eigenvalue weighted by Crippen LogP contribution is -2.22. The Balaban J connectivity index is 2.12. The summed E-state index contributed by atoms with van der Waals surface area (Å²) in [5, 5.41) is 4.97. The van der Waals surface area contributed by atoms with Crippen LogP contribution < -0.4 is 15.0 Å². The smallest absolute Gasteiger partial charge is 0.282 e. The van der Waals surface area contributed by atoms with E-state index < -0.39 is 0 Å². The van der Waals surface area contributed by atoms with Gasteiger partial charge >= 0.3 is 0 Å². The van der Waals surface area contributed by atoms with Crippen molar-refractivity contribution < 1.29 is 9.47 Å². The van der Waals surface area contributed by atoms with E-state index in [1.807, 2.05) is 44.2 Å². The van der Waals surface area contributed by atoms with Crippen LogP contribution in [0, 0.1) is 0 Å². The van der Waals surface area contributed by atoms with Crippen LogP contribution in [0.5, 0.6) is 11.5 Å². The molecule has 0 amide bonds. The summed E-state index contributed by atoms with van der Waals surface area (Å²) in [5.74, 6) is 1.82. The average molecular weight is 458 g/mol. The molecule has 3 aromatic rings. The highest BCUT2D eigenvalue weighted by Gasteiger charge is 2.13. The Hall–Kier alpha value is -2.67. The van der Waals surface area contributed by atoms with Crippen molar-refractivity contribution in [3.8, 4) is 11.5 Å². The Labute approximate surface area is 178 Å². The summed E-state index contributed by atoms with van der Waals surface area (Å²) >= 11 is 3.41. The molecule has 2 aromatic carbocycles. The second-order valence-electron chi connectivity index (χ2n) is 6.62. The van der Waals surface area contributed by atoms with Crippen LogP contribution in [0.3, 0.4) is 0 Å². The van der Waals surface area contributed by atoms with E-state index in [4.69, 9.17) is 9.47 Å². The largest absolute Gasteiger partial charge is 0.493 e. The molecule has 0 saturated heterocycles. The number of fused-ring (bicyclic) bond motifs is 1. The van der Waals surface area contributed by atoms with E-state index in [-0.39, 0.29) is 11.7 Å². The Kier molecular flexibility index (Phi) is 6.69. The molecule has 152 valence electrons. The maximum atomic E-state index is 13.0. The van der Waals surface area contributed by atoms with E-state index in [1.54, 1.807) is 19.4 Å². The first kappa shape index (κ1) is 21.0. The third-order valence-corrected chi connectivity index (χ3v) is 5.12. The number of halogens is 1. The predicted molar refractivity (Wildman–Crippen MR) is 119 cm³/mol. The number of aromatic nitrogens is 2. The molecule has 3 rings (SSSR count). The van der Waals surface area contributed by atoms with Gasteiger partial charge in [0.1, 0.15) is 5.82 Å². The summed E-state index contributed by atoms with van der Waals surface area (Å²) in [6, 6.07) is 11.0. The lowest BCUT2D eigenvalue weighted by molar-refractivity contribution is 0.207. The molecule has 1 heterocycles. The second-order valence-corrected chi connectivity index (χ2v) is 7.54. The van der Waals surface area contributed by atoms with Gasteiger partial charge in [0.25, 0.3) is 5.56 Å². The molecule has 6 nitrogen and oxygen atoms in total. The fraction of sp³-hybridized carbons (Fsp3) is 0.318. The number of ether oxygens (including phenoxy) is 2. The molecule has 0 radical (unpaired) electrons. The van der Waals surface area contributed by atoms with Gasteiger partial charge in [0.15, 0.2) is 11.5 Å². The number of hydrogen-bond donors (Lipinski definition) is 0. The molecule has 0 bridgehead atoms. The minimum Gasteiger partial charge on any atom is -0.493 e. The molecule has 1 aromatic heterocycles. The third kappa shape index (κ3) is 4.50. The Bertz CT molecular complexity index is 1110. The van der Waals surface area contributed by atoms with Gasteiger partial charge in [0, 0.05) is 16.5 Å². The van der Waals surface area contributed by atoms with Gasteiger partial charge in [-0.2, -0.15) is 9.78 Å². The van der Waals surface area contributed by atoms with E-state index in [1.165, 1.54) is 4.68 Å². The monoisotopic (exact) mass is 457 g/mol. The molecule has 0 saturated carbocycles. The number of hydrogen-bond acceptors (Lipinski definition) is 5. The average Bonchev–Trinajstić information content (AvgIpc) is 2.73. The first-order chi connectivity index (χ1) is 14.0. The lowest BCUT2D eigenvalue weighted by Gasteiger charge is -2.17. The van der Waals surface area contributed by atoms with Crippen molar-refractivity contribution >= 4 is 33.0 Å². The number of nitrogens with zero attached hydrogens (tertiary/aromatic N) is 3. The van der Waals surface area contributed by atoms with Gasteiger partial charge in [-0.05, 0) is 43.7 Å². The highest BCUT2D eigenvalue weighted by molar-refractivity contribution is 9.10. The topological polar surface area (TPSA) is 65.7 Å². The van der Waals surface area contributed by atoms with Crippen molar-refractivity contribution in [2.75, 3.05) is 7.11 Å². The zero-order chi connectivity index (χ0) is 21.0. The van der Waals surface area contributed by atoms with Crippen molar-refractivity contribution in [3.63, 3.8) is 0 Å². The van der Waals surface area contributed by atoms with Gasteiger partial charge in [0.2, 0.25) is 0 Å². The summed E-state index contributed by atoms with van der Waals surface area (Å²) in [4.78, 5) is 17.6. The Morgan fingerprint density at radius 1 is 1.28 bits per heavy atom. The Morgan fingerprint density at radius 2 is 2.07 bits per heavy atom. The van der Waals surface area contributed by atoms with Gasteiger partial charge in [-0.1, -0.05) is 35.8 Å². The first-order valence-corrected chi connectivity index (χ1v) is 10.4. The quantitative estimate of drug-likeness (QED) is 0.478. The van der Waals surface area contributed by atoms with Gasteiger partial charge in [-0.15, -0.1) is 0 Å². The van der Waals surface area contributed by atoms with Gasteiger partial charge < -0.3 is 9.47 Å².